The second-order valence-corrected chi connectivity index (χ2v) is 6.84. The van der Waals surface area contributed by atoms with E-state index in [9.17, 15) is 4.39 Å². The number of rotatable bonds is 2. The van der Waals surface area contributed by atoms with Crippen molar-refractivity contribution in [2.24, 2.45) is 0 Å². The van der Waals surface area contributed by atoms with Gasteiger partial charge in [-0.2, -0.15) is 0 Å². The summed E-state index contributed by atoms with van der Waals surface area (Å²) in [5.41, 5.74) is 9.50. The summed E-state index contributed by atoms with van der Waals surface area (Å²) in [5, 5.41) is 3.25. The molecule has 5 heteroatoms. The molecule has 2 aliphatic heterocycles. The van der Waals surface area contributed by atoms with Gasteiger partial charge in [0.2, 0.25) is 0 Å². The summed E-state index contributed by atoms with van der Waals surface area (Å²) in [6, 6.07) is 4.29. The minimum atomic E-state index is -0.165. The van der Waals surface area contributed by atoms with Gasteiger partial charge in [-0.05, 0) is 51.6 Å². The third kappa shape index (κ3) is 3.21. The van der Waals surface area contributed by atoms with Crippen LogP contribution in [0.5, 0.6) is 0 Å². The number of nitrogens with two attached hydrogens (primary N) is 1. The van der Waals surface area contributed by atoms with E-state index in [1.54, 1.807) is 6.07 Å². The Morgan fingerprint density at radius 3 is 2.52 bits per heavy atom. The van der Waals surface area contributed by atoms with E-state index in [-0.39, 0.29) is 5.82 Å². The lowest BCUT2D eigenvalue weighted by Crippen LogP contribution is -2.55. The number of nitrogens with zero attached hydrogens (tertiary/aromatic N) is 2. The van der Waals surface area contributed by atoms with Crippen molar-refractivity contribution in [2.75, 3.05) is 43.9 Å². The molecule has 126 valence electrons. The largest absolute Gasteiger partial charge is 0.397 e. The molecule has 4 nitrogen and oxygen atoms in total. The van der Waals surface area contributed by atoms with Crippen LogP contribution >= 0.6 is 0 Å². The molecule has 3 N–H and O–H groups in total. The topological polar surface area (TPSA) is 44.5 Å². The number of hydrogen-bond donors (Lipinski definition) is 2. The van der Waals surface area contributed by atoms with Crippen LogP contribution in [0.2, 0.25) is 0 Å². The molecule has 3 rings (SSSR count). The summed E-state index contributed by atoms with van der Waals surface area (Å²) in [5.74, 6) is -0.165. The predicted octanol–water partition coefficient (Wildman–Crippen LogP) is 2.31. The standard InChI is InChI=1S/C18H27FN4/c1-12-10-23(11-13(2)22(12)3)18-9-16(19)15(8-17(18)20)14-4-6-21-7-5-14/h4,8-9,12-13,21H,5-7,10-11,20H2,1-3H3/t12-,13+. The lowest BCUT2D eigenvalue weighted by atomic mass is 9.98. The van der Waals surface area contributed by atoms with Crippen molar-refractivity contribution in [1.29, 1.82) is 0 Å². The van der Waals surface area contributed by atoms with Crippen LogP contribution in [0.3, 0.4) is 0 Å². The number of nitrogen functional groups attached to an aromatic ring is 1. The summed E-state index contributed by atoms with van der Waals surface area (Å²) in [6.45, 7) is 7.82. The van der Waals surface area contributed by atoms with E-state index >= 15 is 0 Å². The van der Waals surface area contributed by atoms with Gasteiger partial charge in [0.1, 0.15) is 5.82 Å². The van der Waals surface area contributed by atoms with Crippen molar-refractivity contribution < 1.29 is 4.39 Å². The van der Waals surface area contributed by atoms with E-state index in [4.69, 9.17) is 5.73 Å². The molecule has 2 aliphatic rings. The fourth-order valence-electron chi connectivity index (χ4n) is 3.57. The fourth-order valence-corrected chi connectivity index (χ4v) is 3.57. The molecule has 1 aromatic carbocycles. The lowest BCUT2D eigenvalue weighted by molar-refractivity contribution is 0.170. The minimum Gasteiger partial charge on any atom is -0.397 e. The molecule has 0 bridgehead atoms. The molecule has 2 atom stereocenters. The Labute approximate surface area is 138 Å². The molecule has 0 saturated carbocycles. The molecule has 1 saturated heterocycles. The molecule has 0 radical (unpaired) electrons. The van der Waals surface area contributed by atoms with Gasteiger partial charge in [0, 0.05) is 37.3 Å². The van der Waals surface area contributed by atoms with E-state index in [2.05, 4.69) is 42.1 Å². The number of anilines is 2. The van der Waals surface area contributed by atoms with Crippen LogP contribution in [0.4, 0.5) is 15.8 Å². The summed E-state index contributed by atoms with van der Waals surface area (Å²) >= 11 is 0. The Kier molecular flexibility index (Phi) is 4.60. The minimum absolute atomic E-state index is 0.165. The van der Waals surface area contributed by atoms with Crippen molar-refractivity contribution in [3.05, 3.63) is 29.6 Å². The Balaban J connectivity index is 1.89. The maximum atomic E-state index is 14.7. The first kappa shape index (κ1) is 16.3. The Hall–Kier alpha value is -1.59. The Morgan fingerprint density at radius 2 is 1.91 bits per heavy atom. The molecular weight excluding hydrogens is 291 g/mol. The van der Waals surface area contributed by atoms with Crippen molar-refractivity contribution in [2.45, 2.75) is 32.4 Å². The van der Waals surface area contributed by atoms with E-state index in [0.29, 0.717) is 23.3 Å². The zero-order valence-corrected chi connectivity index (χ0v) is 14.3. The molecule has 0 aromatic heterocycles. The first-order valence-electron chi connectivity index (χ1n) is 8.43. The van der Waals surface area contributed by atoms with Crippen LogP contribution in [-0.2, 0) is 0 Å². The molecule has 2 heterocycles. The molecule has 0 spiro atoms. The van der Waals surface area contributed by atoms with Gasteiger partial charge in [0.15, 0.2) is 0 Å². The average molecular weight is 318 g/mol. The number of halogens is 1. The highest BCUT2D eigenvalue weighted by atomic mass is 19.1. The predicted molar refractivity (Wildman–Crippen MR) is 95.2 cm³/mol. The van der Waals surface area contributed by atoms with Gasteiger partial charge in [-0.1, -0.05) is 6.08 Å². The number of benzene rings is 1. The van der Waals surface area contributed by atoms with Crippen LogP contribution < -0.4 is 16.0 Å². The van der Waals surface area contributed by atoms with Crippen LogP contribution in [0.1, 0.15) is 25.8 Å². The monoisotopic (exact) mass is 318 g/mol. The second-order valence-electron chi connectivity index (χ2n) is 6.84. The first-order valence-corrected chi connectivity index (χ1v) is 8.43. The van der Waals surface area contributed by atoms with Gasteiger partial charge in [0.05, 0.1) is 11.4 Å². The maximum Gasteiger partial charge on any atom is 0.132 e. The highest BCUT2D eigenvalue weighted by Gasteiger charge is 2.28. The fraction of sp³-hybridized carbons (Fsp3) is 0.556. The van der Waals surface area contributed by atoms with Crippen LogP contribution in [0.15, 0.2) is 18.2 Å². The SMILES string of the molecule is C[C@@H]1CN(c2cc(F)c(C3=CCNCC3)cc2N)C[C@H](C)N1C. The van der Waals surface area contributed by atoms with Crippen molar-refractivity contribution in [3.8, 4) is 0 Å². The quantitative estimate of drug-likeness (QED) is 0.822. The Bertz CT molecular complexity index is 601. The zero-order chi connectivity index (χ0) is 16.6. The number of nitrogens with one attached hydrogen (secondary N) is 1. The van der Waals surface area contributed by atoms with Gasteiger partial charge < -0.3 is 16.0 Å². The molecule has 1 fully saturated rings. The van der Waals surface area contributed by atoms with Gasteiger partial charge in [0.25, 0.3) is 0 Å². The average Bonchev–Trinajstić information content (AvgIpc) is 2.54. The number of likely N-dealkylation sites (N-methyl/N-ethyl adjacent to an activating group) is 1. The highest BCUT2D eigenvalue weighted by Crippen LogP contribution is 2.33. The van der Waals surface area contributed by atoms with Crippen molar-refractivity contribution >= 4 is 16.9 Å². The van der Waals surface area contributed by atoms with Crippen LogP contribution in [-0.4, -0.2) is 50.2 Å². The lowest BCUT2D eigenvalue weighted by Gasteiger charge is -2.43. The summed E-state index contributed by atoms with van der Waals surface area (Å²) in [4.78, 5) is 4.57. The van der Waals surface area contributed by atoms with Crippen LogP contribution in [0.25, 0.3) is 5.57 Å². The van der Waals surface area contributed by atoms with Gasteiger partial charge >= 0.3 is 0 Å². The zero-order valence-electron chi connectivity index (χ0n) is 14.3. The third-order valence-electron chi connectivity index (χ3n) is 5.23. The number of hydrogen-bond acceptors (Lipinski definition) is 4. The summed E-state index contributed by atoms with van der Waals surface area (Å²) in [6.07, 6.45) is 2.90. The molecule has 0 unspecified atom stereocenters. The summed E-state index contributed by atoms with van der Waals surface area (Å²) < 4.78 is 14.7. The maximum absolute atomic E-state index is 14.7. The van der Waals surface area contributed by atoms with Crippen molar-refractivity contribution in [1.82, 2.24) is 10.2 Å². The van der Waals surface area contributed by atoms with E-state index in [0.717, 1.165) is 43.9 Å². The summed E-state index contributed by atoms with van der Waals surface area (Å²) in [7, 11) is 2.14. The van der Waals surface area contributed by atoms with Gasteiger partial charge in [-0.3, -0.25) is 4.90 Å². The van der Waals surface area contributed by atoms with E-state index in [1.165, 1.54) is 0 Å². The van der Waals surface area contributed by atoms with Gasteiger partial charge in [-0.25, -0.2) is 4.39 Å². The molecule has 23 heavy (non-hydrogen) atoms. The molecule has 0 amide bonds. The smallest absolute Gasteiger partial charge is 0.132 e. The second kappa shape index (κ2) is 6.49. The van der Waals surface area contributed by atoms with Crippen LogP contribution in [0, 0.1) is 5.82 Å². The molecule has 0 aliphatic carbocycles. The molecular formula is C18H27FN4. The van der Waals surface area contributed by atoms with E-state index < -0.39 is 0 Å². The Morgan fingerprint density at radius 1 is 1.22 bits per heavy atom. The van der Waals surface area contributed by atoms with E-state index in [1.807, 2.05) is 6.07 Å². The highest BCUT2D eigenvalue weighted by molar-refractivity contribution is 5.77. The normalized spacial score (nSPS) is 26.3. The van der Waals surface area contributed by atoms with Crippen molar-refractivity contribution in [3.63, 3.8) is 0 Å². The molecule has 1 aromatic rings. The first-order chi connectivity index (χ1) is 11.0. The number of piperazine rings is 1. The van der Waals surface area contributed by atoms with Gasteiger partial charge in [-0.15, -0.1) is 0 Å². The third-order valence-corrected chi connectivity index (χ3v) is 5.23.